The Morgan fingerprint density at radius 1 is 1.25 bits per heavy atom. The van der Waals surface area contributed by atoms with Gasteiger partial charge in [0.05, 0.1) is 12.7 Å². The average Bonchev–Trinajstić information content (AvgIpc) is 2.85. The zero-order valence-electron chi connectivity index (χ0n) is 10.8. The molecular weight excluding hydrogens is 406 g/mol. The molecule has 0 spiro atoms. The minimum atomic E-state index is -0.326. The maximum atomic E-state index is 11.4. The van der Waals surface area contributed by atoms with Gasteiger partial charge in [-0.05, 0) is 45.1 Å². The van der Waals surface area contributed by atoms with Crippen molar-refractivity contribution in [1.29, 1.82) is 0 Å². The Labute approximate surface area is 138 Å². The predicted octanol–water partition coefficient (Wildman–Crippen LogP) is 4.35. The van der Waals surface area contributed by atoms with E-state index in [-0.39, 0.29) is 5.97 Å². The number of nitrogens with one attached hydrogen (secondary N) is 1. The molecule has 2 rings (SSSR count). The van der Waals surface area contributed by atoms with Gasteiger partial charge in [-0.2, -0.15) is 0 Å². The monoisotopic (exact) mass is 417 g/mol. The first-order valence-electron chi connectivity index (χ1n) is 5.91. The summed E-state index contributed by atoms with van der Waals surface area (Å²) in [6, 6.07) is 7.52. The molecule has 0 atom stereocenters. The SMILES string of the molecule is COC(=O)c1ccc(CNCc2sccc2Br)c(Br)c1. The van der Waals surface area contributed by atoms with E-state index in [2.05, 4.69) is 42.6 Å². The molecule has 0 fully saturated rings. The van der Waals surface area contributed by atoms with Crippen LogP contribution in [0.1, 0.15) is 20.8 Å². The lowest BCUT2D eigenvalue weighted by Crippen LogP contribution is -2.13. The number of methoxy groups -OCH3 is 1. The fourth-order valence-corrected chi connectivity index (χ4v) is 3.68. The lowest BCUT2D eigenvalue weighted by atomic mass is 10.1. The number of thiophene rings is 1. The van der Waals surface area contributed by atoms with Crippen molar-refractivity contribution in [3.05, 3.63) is 54.6 Å². The van der Waals surface area contributed by atoms with Gasteiger partial charge in [-0.3, -0.25) is 0 Å². The second kappa shape index (κ2) is 7.36. The fourth-order valence-electron chi connectivity index (χ4n) is 1.70. The highest BCUT2D eigenvalue weighted by atomic mass is 79.9. The van der Waals surface area contributed by atoms with Gasteiger partial charge < -0.3 is 10.1 Å². The minimum Gasteiger partial charge on any atom is -0.465 e. The van der Waals surface area contributed by atoms with Crippen molar-refractivity contribution in [2.45, 2.75) is 13.1 Å². The van der Waals surface area contributed by atoms with E-state index < -0.39 is 0 Å². The van der Waals surface area contributed by atoms with E-state index in [0.29, 0.717) is 5.56 Å². The molecule has 0 aliphatic carbocycles. The molecule has 3 nitrogen and oxygen atoms in total. The quantitative estimate of drug-likeness (QED) is 0.733. The highest BCUT2D eigenvalue weighted by molar-refractivity contribution is 9.10. The molecule has 1 aromatic carbocycles. The normalized spacial score (nSPS) is 10.6. The largest absolute Gasteiger partial charge is 0.465 e. The summed E-state index contributed by atoms with van der Waals surface area (Å²) in [4.78, 5) is 12.7. The Hall–Kier alpha value is -0.690. The maximum Gasteiger partial charge on any atom is 0.337 e. The first kappa shape index (κ1) is 15.7. The van der Waals surface area contributed by atoms with Gasteiger partial charge in [0.25, 0.3) is 0 Å². The van der Waals surface area contributed by atoms with Gasteiger partial charge in [-0.1, -0.05) is 22.0 Å². The first-order chi connectivity index (χ1) is 9.61. The van der Waals surface area contributed by atoms with Crippen molar-refractivity contribution in [2.24, 2.45) is 0 Å². The second-order valence-electron chi connectivity index (χ2n) is 4.09. The summed E-state index contributed by atoms with van der Waals surface area (Å²) in [7, 11) is 1.38. The van der Waals surface area contributed by atoms with Crippen LogP contribution >= 0.6 is 43.2 Å². The first-order valence-corrected chi connectivity index (χ1v) is 8.37. The molecule has 2 aromatic rings. The second-order valence-corrected chi connectivity index (χ2v) is 6.80. The Morgan fingerprint density at radius 3 is 2.65 bits per heavy atom. The smallest absolute Gasteiger partial charge is 0.337 e. The molecule has 0 unspecified atom stereocenters. The van der Waals surface area contributed by atoms with Crippen molar-refractivity contribution < 1.29 is 9.53 Å². The molecule has 1 heterocycles. The molecule has 0 aliphatic heterocycles. The number of halogens is 2. The number of benzene rings is 1. The summed E-state index contributed by atoms with van der Waals surface area (Å²) >= 11 is 8.71. The Morgan fingerprint density at radius 2 is 2.05 bits per heavy atom. The van der Waals surface area contributed by atoms with E-state index >= 15 is 0 Å². The van der Waals surface area contributed by atoms with E-state index in [4.69, 9.17) is 4.74 Å². The molecule has 20 heavy (non-hydrogen) atoms. The van der Waals surface area contributed by atoms with Crippen LogP contribution in [-0.4, -0.2) is 13.1 Å². The Bertz CT molecular complexity index is 613. The lowest BCUT2D eigenvalue weighted by Gasteiger charge is -2.08. The van der Waals surface area contributed by atoms with Gasteiger partial charge in [-0.25, -0.2) is 4.79 Å². The van der Waals surface area contributed by atoms with Crippen LogP contribution in [0.25, 0.3) is 0 Å². The molecular formula is C14H13Br2NO2S. The number of esters is 1. The molecule has 1 aromatic heterocycles. The van der Waals surface area contributed by atoms with Crippen LogP contribution in [0.4, 0.5) is 0 Å². The van der Waals surface area contributed by atoms with E-state index in [1.165, 1.54) is 12.0 Å². The summed E-state index contributed by atoms with van der Waals surface area (Å²) in [6.45, 7) is 1.54. The van der Waals surface area contributed by atoms with Crippen LogP contribution in [0.2, 0.25) is 0 Å². The van der Waals surface area contributed by atoms with E-state index in [1.54, 1.807) is 23.5 Å². The van der Waals surface area contributed by atoms with Crippen LogP contribution < -0.4 is 5.32 Å². The molecule has 6 heteroatoms. The standard InChI is InChI=1S/C14H13Br2NO2S/c1-19-14(18)9-2-3-10(12(16)6-9)7-17-8-13-11(15)4-5-20-13/h2-6,17H,7-8H2,1H3. The molecule has 106 valence electrons. The van der Waals surface area contributed by atoms with Crippen LogP contribution in [0, 0.1) is 0 Å². The van der Waals surface area contributed by atoms with E-state index in [1.807, 2.05) is 12.1 Å². The molecule has 0 saturated carbocycles. The Balaban J connectivity index is 1.96. The summed E-state index contributed by atoms with van der Waals surface area (Å²) in [5, 5.41) is 5.44. The van der Waals surface area contributed by atoms with Gasteiger partial charge in [0.15, 0.2) is 0 Å². The molecule has 0 saturated heterocycles. The third-order valence-electron chi connectivity index (χ3n) is 2.77. The van der Waals surface area contributed by atoms with Crippen molar-refractivity contribution in [3.8, 4) is 0 Å². The summed E-state index contributed by atoms with van der Waals surface area (Å²) in [5.74, 6) is -0.326. The van der Waals surface area contributed by atoms with Crippen molar-refractivity contribution in [2.75, 3.05) is 7.11 Å². The van der Waals surface area contributed by atoms with E-state index in [9.17, 15) is 4.79 Å². The summed E-state index contributed by atoms with van der Waals surface area (Å²) < 4.78 is 6.73. The zero-order chi connectivity index (χ0) is 14.5. The van der Waals surface area contributed by atoms with Crippen molar-refractivity contribution >= 4 is 49.2 Å². The van der Waals surface area contributed by atoms with Gasteiger partial charge in [-0.15, -0.1) is 11.3 Å². The number of hydrogen-bond acceptors (Lipinski definition) is 4. The van der Waals surface area contributed by atoms with E-state index in [0.717, 1.165) is 27.6 Å². The van der Waals surface area contributed by atoms with Crippen LogP contribution in [0.5, 0.6) is 0 Å². The van der Waals surface area contributed by atoms with Crippen LogP contribution in [0.3, 0.4) is 0 Å². The van der Waals surface area contributed by atoms with Gasteiger partial charge in [0.2, 0.25) is 0 Å². The molecule has 1 N–H and O–H groups in total. The third kappa shape index (κ3) is 3.91. The van der Waals surface area contributed by atoms with Gasteiger partial charge in [0.1, 0.15) is 0 Å². The maximum absolute atomic E-state index is 11.4. The average molecular weight is 419 g/mol. The molecule has 0 bridgehead atoms. The molecule has 0 aliphatic rings. The molecule has 0 amide bonds. The van der Waals surface area contributed by atoms with Crippen molar-refractivity contribution in [1.82, 2.24) is 5.32 Å². The number of rotatable bonds is 5. The van der Waals surface area contributed by atoms with Gasteiger partial charge >= 0.3 is 5.97 Å². The predicted molar refractivity (Wildman–Crippen MR) is 88.0 cm³/mol. The number of hydrogen-bond donors (Lipinski definition) is 1. The number of carbonyl (C=O) groups is 1. The highest BCUT2D eigenvalue weighted by Gasteiger charge is 2.08. The Kier molecular flexibility index (Phi) is 5.77. The van der Waals surface area contributed by atoms with Crippen LogP contribution in [-0.2, 0) is 17.8 Å². The van der Waals surface area contributed by atoms with Crippen molar-refractivity contribution in [3.63, 3.8) is 0 Å². The van der Waals surface area contributed by atoms with Crippen LogP contribution in [0.15, 0.2) is 38.6 Å². The highest BCUT2D eigenvalue weighted by Crippen LogP contribution is 2.23. The number of carbonyl (C=O) groups excluding carboxylic acids is 1. The third-order valence-corrected chi connectivity index (χ3v) is 5.43. The fraction of sp³-hybridized carbons (Fsp3) is 0.214. The van der Waals surface area contributed by atoms with Gasteiger partial charge in [0, 0.05) is 26.9 Å². The summed E-state index contributed by atoms with van der Waals surface area (Å²) in [6.07, 6.45) is 0. The topological polar surface area (TPSA) is 38.3 Å². The number of ether oxygens (including phenoxy) is 1. The zero-order valence-corrected chi connectivity index (χ0v) is 14.8. The summed E-state index contributed by atoms with van der Waals surface area (Å²) in [5.41, 5.74) is 1.65. The minimum absolute atomic E-state index is 0.326. The molecule has 0 radical (unpaired) electrons. The lowest BCUT2D eigenvalue weighted by molar-refractivity contribution is 0.0600.